The molecule has 100 valence electrons. The first kappa shape index (κ1) is 13.5. The number of halogens is 1. The Kier molecular flexibility index (Phi) is 4.35. The van der Waals surface area contributed by atoms with Gasteiger partial charge in [-0.3, -0.25) is 0 Å². The molecule has 3 nitrogen and oxygen atoms in total. The third kappa shape index (κ3) is 3.53. The lowest BCUT2D eigenvalue weighted by Gasteiger charge is -2.21. The standard InChI is InChI=1S/C13H17FO3S/c14-12-4-1-5-13(9-12)18(15,16)8-6-11-3-2-7-17-10-11/h1,4-5,9,11H,2-3,6-8,10H2. The molecule has 1 fully saturated rings. The van der Waals surface area contributed by atoms with Gasteiger partial charge in [-0.2, -0.15) is 0 Å². The van der Waals surface area contributed by atoms with E-state index < -0.39 is 15.7 Å². The summed E-state index contributed by atoms with van der Waals surface area (Å²) in [5, 5.41) is 0. The highest BCUT2D eigenvalue weighted by atomic mass is 32.2. The number of hydrogen-bond donors (Lipinski definition) is 0. The highest BCUT2D eigenvalue weighted by Gasteiger charge is 2.20. The lowest BCUT2D eigenvalue weighted by Crippen LogP contribution is -2.20. The molecule has 0 aromatic heterocycles. The van der Waals surface area contributed by atoms with E-state index in [1.165, 1.54) is 18.2 Å². The smallest absolute Gasteiger partial charge is 0.178 e. The third-order valence-corrected chi connectivity index (χ3v) is 4.95. The Labute approximate surface area is 107 Å². The normalized spacial score (nSPS) is 20.8. The van der Waals surface area contributed by atoms with E-state index in [4.69, 9.17) is 4.74 Å². The average Bonchev–Trinajstić information content (AvgIpc) is 2.38. The Morgan fingerprint density at radius 2 is 2.22 bits per heavy atom. The van der Waals surface area contributed by atoms with Gasteiger partial charge in [0.1, 0.15) is 5.82 Å². The van der Waals surface area contributed by atoms with Crippen molar-refractivity contribution in [3.8, 4) is 0 Å². The summed E-state index contributed by atoms with van der Waals surface area (Å²) in [7, 11) is -3.38. The molecule has 0 spiro atoms. The highest BCUT2D eigenvalue weighted by Crippen LogP contribution is 2.20. The molecule has 1 unspecified atom stereocenters. The first-order chi connectivity index (χ1) is 8.58. The molecule has 0 aliphatic carbocycles. The van der Waals surface area contributed by atoms with Gasteiger partial charge < -0.3 is 4.74 Å². The van der Waals surface area contributed by atoms with Crippen LogP contribution in [0.25, 0.3) is 0 Å². The van der Waals surface area contributed by atoms with Crippen molar-refractivity contribution in [1.29, 1.82) is 0 Å². The molecule has 1 aliphatic heterocycles. The van der Waals surface area contributed by atoms with Crippen LogP contribution in [-0.2, 0) is 14.6 Å². The number of rotatable bonds is 4. The third-order valence-electron chi connectivity index (χ3n) is 3.20. The lowest BCUT2D eigenvalue weighted by molar-refractivity contribution is 0.0538. The van der Waals surface area contributed by atoms with Crippen LogP contribution in [0.3, 0.4) is 0 Å². The minimum absolute atomic E-state index is 0.0600. The van der Waals surface area contributed by atoms with Crippen LogP contribution < -0.4 is 0 Å². The average molecular weight is 272 g/mol. The maximum absolute atomic E-state index is 13.0. The van der Waals surface area contributed by atoms with Crippen LogP contribution in [0.1, 0.15) is 19.3 Å². The topological polar surface area (TPSA) is 43.4 Å². The maximum Gasteiger partial charge on any atom is 0.178 e. The van der Waals surface area contributed by atoms with Crippen LogP contribution in [0.4, 0.5) is 4.39 Å². The fraction of sp³-hybridized carbons (Fsp3) is 0.538. The molecular weight excluding hydrogens is 255 g/mol. The second-order valence-electron chi connectivity index (χ2n) is 4.65. The zero-order chi connectivity index (χ0) is 13.0. The summed E-state index contributed by atoms with van der Waals surface area (Å²) < 4.78 is 42.4. The van der Waals surface area contributed by atoms with Gasteiger partial charge >= 0.3 is 0 Å². The van der Waals surface area contributed by atoms with Crippen molar-refractivity contribution in [2.45, 2.75) is 24.2 Å². The largest absolute Gasteiger partial charge is 0.381 e. The van der Waals surface area contributed by atoms with Crippen LogP contribution in [0, 0.1) is 11.7 Å². The van der Waals surface area contributed by atoms with Gasteiger partial charge in [0.15, 0.2) is 9.84 Å². The van der Waals surface area contributed by atoms with E-state index in [0.717, 1.165) is 25.5 Å². The van der Waals surface area contributed by atoms with Gasteiger partial charge in [0.05, 0.1) is 10.6 Å². The van der Waals surface area contributed by atoms with Gasteiger partial charge in [-0.25, -0.2) is 12.8 Å². The van der Waals surface area contributed by atoms with Crippen molar-refractivity contribution in [1.82, 2.24) is 0 Å². The molecule has 1 atom stereocenters. The number of benzene rings is 1. The van der Waals surface area contributed by atoms with Gasteiger partial charge in [-0.1, -0.05) is 6.07 Å². The van der Waals surface area contributed by atoms with Crippen LogP contribution >= 0.6 is 0 Å². The van der Waals surface area contributed by atoms with Crippen LogP contribution in [0.2, 0.25) is 0 Å². The molecule has 0 saturated carbocycles. The second-order valence-corrected chi connectivity index (χ2v) is 6.76. The molecule has 5 heteroatoms. The molecule has 1 saturated heterocycles. The fourth-order valence-corrected chi connectivity index (χ4v) is 3.59. The molecule has 0 radical (unpaired) electrons. The molecule has 18 heavy (non-hydrogen) atoms. The van der Waals surface area contributed by atoms with E-state index >= 15 is 0 Å². The Balaban J connectivity index is 1.98. The summed E-state index contributed by atoms with van der Waals surface area (Å²) in [5.74, 6) is -0.149. The van der Waals surface area contributed by atoms with Gasteiger partial charge in [-0.05, 0) is 43.4 Å². The minimum Gasteiger partial charge on any atom is -0.381 e. The van der Waals surface area contributed by atoms with E-state index in [1.54, 1.807) is 0 Å². The van der Waals surface area contributed by atoms with Crippen molar-refractivity contribution < 1.29 is 17.5 Å². The predicted octanol–water partition coefficient (Wildman–Crippen LogP) is 2.42. The first-order valence-corrected chi connectivity index (χ1v) is 7.79. The first-order valence-electron chi connectivity index (χ1n) is 6.14. The summed E-state index contributed by atoms with van der Waals surface area (Å²) in [6, 6.07) is 5.18. The molecule has 0 amide bonds. The molecule has 2 rings (SSSR count). The Bertz CT molecular complexity index is 493. The van der Waals surface area contributed by atoms with Crippen LogP contribution in [-0.4, -0.2) is 27.4 Å². The summed E-state index contributed by atoms with van der Waals surface area (Å²) >= 11 is 0. The van der Waals surface area contributed by atoms with E-state index in [1.807, 2.05) is 0 Å². The van der Waals surface area contributed by atoms with E-state index in [2.05, 4.69) is 0 Å². The van der Waals surface area contributed by atoms with Crippen molar-refractivity contribution in [2.75, 3.05) is 19.0 Å². The van der Waals surface area contributed by atoms with Gasteiger partial charge in [-0.15, -0.1) is 0 Å². The Hall–Kier alpha value is -0.940. The minimum atomic E-state index is -3.38. The molecular formula is C13H17FO3S. The second kappa shape index (κ2) is 5.80. The summed E-state index contributed by atoms with van der Waals surface area (Å²) in [6.45, 7) is 1.41. The van der Waals surface area contributed by atoms with E-state index in [-0.39, 0.29) is 10.6 Å². The molecule has 0 N–H and O–H groups in total. The predicted molar refractivity (Wildman–Crippen MR) is 66.6 cm³/mol. The molecule has 1 aromatic rings. The number of hydrogen-bond acceptors (Lipinski definition) is 3. The molecule has 0 bridgehead atoms. The van der Waals surface area contributed by atoms with E-state index in [0.29, 0.717) is 18.9 Å². The van der Waals surface area contributed by atoms with Crippen molar-refractivity contribution >= 4 is 9.84 Å². The molecule has 1 aromatic carbocycles. The quantitative estimate of drug-likeness (QED) is 0.845. The molecule has 1 aliphatic rings. The van der Waals surface area contributed by atoms with Gasteiger partial charge in [0.2, 0.25) is 0 Å². The van der Waals surface area contributed by atoms with E-state index in [9.17, 15) is 12.8 Å². The van der Waals surface area contributed by atoms with Crippen molar-refractivity contribution in [3.05, 3.63) is 30.1 Å². The van der Waals surface area contributed by atoms with Crippen molar-refractivity contribution in [3.63, 3.8) is 0 Å². The zero-order valence-corrected chi connectivity index (χ0v) is 11.0. The maximum atomic E-state index is 13.0. The number of sulfone groups is 1. The fourth-order valence-electron chi connectivity index (χ4n) is 2.14. The van der Waals surface area contributed by atoms with Crippen LogP contribution in [0.5, 0.6) is 0 Å². The zero-order valence-electron chi connectivity index (χ0n) is 10.1. The Morgan fingerprint density at radius 3 is 2.89 bits per heavy atom. The lowest BCUT2D eigenvalue weighted by atomic mass is 10.00. The number of ether oxygens (including phenoxy) is 1. The Morgan fingerprint density at radius 1 is 1.39 bits per heavy atom. The highest BCUT2D eigenvalue weighted by molar-refractivity contribution is 7.91. The van der Waals surface area contributed by atoms with Crippen LogP contribution in [0.15, 0.2) is 29.2 Å². The van der Waals surface area contributed by atoms with Gasteiger partial charge in [0.25, 0.3) is 0 Å². The summed E-state index contributed by atoms with van der Waals surface area (Å²) in [6.07, 6.45) is 2.59. The van der Waals surface area contributed by atoms with Crippen molar-refractivity contribution in [2.24, 2.45) is 5.92 Å². The summed E-state index contributed by atoms with van der Waals surface area (Å²) in [4.78, 5) is 0.0687. The monoisotopic (exact) mass is 272 g/mol. The SMILES string of the molecule is O=S(=O)(CCC1CCCOC1)c1cccc(F)c1. The summed E-state index contributed by atoms with van der Waals surface area (Å²) in [5.41, 5.74) is 0. The molecule has 1 heterocycles. The van der Waals surface area contributed by atoms with Gasteiger partial charge in [0, 0.05) is 13.2 Å².